The van der Waals surface area contributed by atoms with Gasteiger partial charge >= 0.3 is 5.97 Å². The van der Waals surface area contributed by atoms with Crippen LogP contribution >= 0.6 is 11.8 Å². The number of carbonyl (C=O) groups excluding carboxylic acids is 1. The van der Waals surface area contributed by atoms with Gasteiger partial charge in [0.2, 0.25) is 0 Å². The molecule has 4 nitrogen and oxygen atoms in total. The van der Waals surface area contributed by atoms with Crippen LogP contribution in [0.15, 0.2) is 11.1 Å². The number of ketones is 1. The molecule has 0 atom stereocenters. The molecule has 1 aliphatic rings. The van der Waals surface area contributed by atoms with Crippen LogP contribution in [-0.2, 0) is 9.59 Å². The van der Waals surface area contributed by atoms with Crippen molar-refractivity contribution in [3.63, 3.8) is 0 Å². The average molecular weight is 159 g/mol. The lowest BCUT2D eigenvalue weighted by Crippen LogP contribution is -2.22. The van der Waals surface area contributed by atoms with Crippen LogP contribution in [0, 0.1) is 0 Å². The van der Waals surface area contributed by atoms with Crippen molar-refractivity contribution in [2.45, 2.75) is 0 Å². The van der Waals surface area contributed by atoms with Gasteiger partial charge in [-0.15, -0.1) is 11.8 Å². The second-order valence-electron chi connectivity index (χ2n) is 1.65. The van der Waals surface area contributed by atoms with E-state index in [1.165, 1.54) is 17.2 Å². The van der Waals surface area contributed by atoms with E-state index >= 15 is 0 Å². The monoisotopic (exact) mass is 159 g/mol. The summed E-state index contributed by atoms with van der Waals surface area (Å²) in [7, 11) is 0. The number of rotatable bonds is 2. The van der Waals surface area contributed by atoms with Crippen molar-refractivity contribution in [3.8, 4) is 0 Å². The lowest BCUT2D eigenvalue weighted by Gasteiger charge is -1.94. The van der Waals surface area contributed by atoms with E-state index in [4.69, 9.17) is 5.11 Å². The van der Waals surface area contributed by atoms with Gasteiger partial charge in [0.25, 0.3) is 5.78 Å². The fourth-order valence-corrected chi connectivity index (χ4v) is 1.21. The predicted molar refractivity (Wildman–Crippen MR) is 36.3 cm³/mol. The van der Waals surface area contributed by atoms with Gasteiger partial charge < -0.3 is 10.4 Å². The first-order chi connectivity index (χ1) is 4.72. The van der Waals surface area contributed by atoms with Crippen LogP contribution in [-0.4, -0.2) is 22.7 Å². The third-order valence-corrected chi connectivity index (χ3v) is 1.70. The fraction of sp³-hybridized carbons (Fsp3) is 0.200. The molecule has 0 aromatic heterocycles. The second-order valence-corrected chi connectivity index (χ2v) is 2.51. The third-order valence-electron chi connectivity index (χ3n) is 0.986. The highest BCUT2D eigenvalue weighted by Crippen LogP contribution is 2.12. The molecular weight excluding hydrogens is 154 g/mol. The van der Waals surface area contributed by atoms with Crippen molar-refractivity contribution >= 4 is 23.5 Å². The Morgan fingerprint density at radius 3 is 2.80 bits per heavy atom. The van der Waals surface area contributed by atoms with E-state index in [0.29, 0.717) is 5.88 Å². The van der Waals surface area contributed by atoms with Crippen LogP contribution in [0.5, 0.6) is 0 Å². The van der Waals surface area contributed by atoms with Crippen LogP contribution < -0.4 is 5.32 Å². The summed E-state index contributed by atoms with van der Waals surface area (Å²) in [6, 6.07) is 0. The Bertz CT molecular complexity index is 211. The minimum absolute atomic E-state index is 0.178. The molecule has 0 aromatic rings. The van der Waals surface area contributed by atoms with E-state index in [9.17, 15) is 9.59 Å². The number of thioether (sulfide) groups is 1. The molecule has 0 spiro atoms. The first kappa shape index (κ1) is 7.14. The zero-order chi connectivity index (χ0) is 7.56. The molecule has 1 rings (SSSR count). The molecule has 0 aromatic carbocycles. The molecule has 0 radical (unpaired) electrons. The fourth-order valence-electron chi connectivity index (χ4n) is 0.535. The van der Waals surface area contributed by atoms with Crippen molar-refractivity contribution in [1.29, 1.82) is 0 Å². The molecular formula is C5H5NO3S. The first-order valence-electron chi connectivity index (χ1n) is 2.55. The van der Waals surface area contributed by atoms with Crippen LogP contribution in [0.1, 0.15) is 0 Å². The van der Waals surface area contributed by atoms with E-state index in [1.54, 1.807) is 0 Å². The Morgan fingerprint density at radius 1 is 1.70 bits per heavy atom. The Kier molecular flexibility index (Phi) is 1.96. The molecule has 0 unspecified atom stereocenters. The van der Waals surface area contributed by atoms with Crippen LogP contribution in [0.2, 0.25) is 0 Å². The van der Waals surface area contributed by atoms with E-state index in [-0.39, 0.29) is 5.70 Å². The van der Waals surface area contributed by atoms with Gasteiger partial charge in [-0.05, 0) is 0 Å². The molecule has 0 fully saturated rings. The van der Waals surface area contributed by atoms with Gasteiger partial charge in [0.1, 0.15) is 0 Å². The predicted octanol–water partition coefficient (Wildman–Crippen LogP) is -0.225. The Morgan fingerprint density at radius 2 is 2.40 bits per heavy atom. The van der Waals surface area contributed by atoms with E-state index in [2.05, 4.69) is 5.32 Å². The van der Waals surface area contributed by atoms with Gasteiger partial charge in [-0.3, -0.25) is 4.79 Å². The maximum absolute atomic E-state index is 10.6. The van der Waals surface area contributed by atoms with Crippen molar-refractivity contribution in [2.24, 2.45) is 0 Å². The number of carbonyl (C=O) groups is 2. The molecule has 54 valence electrons. The number of hydrogen-bond donors (Lipinski definition) is 2. The van der Waals surface area contributed by atoms with E-state index < -0.39 is 11.8 Å². The molecule has 0 saturated heterocycles. The molecule has 5 heteroatoms. The first-order valence-corrected chi connectivity index (χ1v) is 3.60. The Labute approximate surface area is 61.3 Å². The summed E-state index contributed by atoms with van der Waals surface area (Å²) < 4.78 is 0. The van der Waals surface area contributed by atoms with Gasteiger partial charge in [0.15, 0.2) is 0 Å². The van der Waals surface area contributed by atoms with Crippen molar-refractivity contribution in [2.75, 3.05) is 5.88 Å². The molecule has 0 aliphatic carbocycles. The van der Waals surface area contributed by atoms with Crippen molar-refractivity contribution < 1.29 is 14.7 Å². The SMILES string of the molecule is O=C(O)C(=O)C1=CSCN1. The molecule has 10 heavy (non-hydrogen) atoms. The van der Waals surface area contributed by atoms with Crippen molar-refractivity contribution in [3.05, 3.63) is 11.1 Å². The highest BCUT2D eigenvalue weighted by atomic mass is 32.2. The highest BCUT2D eigenvalue weighted by Gasteiger charge is 2.19. The smallest absolute Gasteiger partial charge is 0.378 e. The van der Waals surface area contributed by atoms with E-state index in [1.807, 2.05) is 0 Å². The summed E-state index contributed by atoms with van der Waals surface area (Å²) in [6.07, 6.45) is 0. The van der Waals surface area contributed by atoms with Gasteiger partial charge in [0.05, 0.1) is 11.6 Å². The van der Waals surface area contributed by atoms with Crippen LogP contribution in [0.3, 0.4) is 0 Å². The third kappa shape index (κ3) is 1.30. The maximum Gasteiger partial charge on any atom is 0.378 e. The topological polar surface area (TPSA) is 66.4 Å². The number of nitrogens with one attached hydrogen (secondary N) is 1. The normalized spacial score (nSPS) is 15.8. The lowest BCUT2D eigenvalue weighted by molar-refractivity contribution is -0.147. The largest absolute Gasteiger partial charge is 0.475 e. The highest BCUT2D eigenvalue weighted by molar-refractivity contribution is 8.02. The summed E-state index contributed by atoms with van der Waals surface area (Å²) >= 11 is 1.37. The molecule has 1 aliphatic heterocycles. The Hall–Kier alpha value is -0.970. The quantitative estimate of drug-likeness (QED) is 0.545. The molecule has 0 bridgehead atoms. The second kappa shape index (κ2) is 2.74. The zero-order valence-corrected chi connectivity index (χ0v) is 5.77. The van der Waals surface area contributed by atoms with Gasteiger partial charge in [-0.2, -0.15) is 0 Å². The minimum atomic E-state index is -1.42. The zero-order valence-electron chi connectivity index (χ0n) is 4.96. The number of aliphatic carboxylic acids is 1. The summed E-state index contributed by atoms with van der Waals surface area (Å²) in [5, 5.41) is 12.3. The summed E-state index contributed by atoms with van der Waals surface area (Å²) in [4.78, 5) is 20.6. The van der Waals surface area contributed by atoms with Crippen molar-refractivity contribution in [1.82, 2.24) is 5.32 Å². The van der Waals surface area contributed by atoms with Gasteiger partial charge in [-0.1, -0.05) is 0 Å². The molecule has 1 heterocycles. The number of hydrogen-bond acceptors (Lipinski definition) is 4. The van der Waals surface area contributed by atoms with Gasteiger partial charge in [-0.25, -0.2) is 4.79 Å². The van der Waals surface area contributed by atoms with Gasteiger partial charge in [0, 0.05) is 5.41 Å². The minimum Gasteiger partial charge on any atom is -0.475 e. The maximum atomic E-state index is 10.6. The van der Waals surface area contributed by atoms with Crippen LogP contribution in [0.25, 0.3) is 0 Å². The molecule has 2 N–H and O–H groups in total. The number of carboxylic acid groups (broad SMARTS) is 1. The average Bonchev–Trinajstić information content (AvgIpc) is 2.36. The Balaban J connectivity index is 2.65. The number of Topliss-reactive ketones (excluding diaryl/α,β-unsaturated/α-hetero) is 1. The number of carboxylic acids is 1. The molecule has 0 saturated carbocycles. The lowest BCUT2D eigenvalue weighted by atomic mass is 10.3. The standard InChI is InChI=1S/C5H5NO3S/c7-4(5(8)9)3-1-10-2-6-3/h1,6H,2H2,(H,8,9). The van der Waals surface area contributed by atoms with E-state index in [0.717, 1.165) is 0 Å². The summed E-state index contributed by atoms with van der Waals surface area (Å²) in [6.45, 7) is 0. The van der Waals surface area contributed by atoms with Crippen LogP contribution in [0.4, 0.5) is 0 Å². The molecule has 0 amide bonds. The summed E-state index contributed by atoms with van der Waals surface area (Å²) in [5.74, 6) is -1.71. The summed E-state index contributed by atoms with van der Waals surface area (Å²) in [5.41, 5.74) is 0.178.